The summed E-state index contributed by atoms with van der Waals surface area (Å²) in [6.45, 7) is 2.67. The van der Waals surface area contributed by atoms with Crippen molar-refractivity contribution in [2.24, 2.45) is 5.73 Å². The van der Waals surface area contributed by atoms with Crippen molar-refractivity contribution in [3.63, 3.8) is 0 Å². The Kier molecular flexibility index (Phi) is 4.79. The smallest absolute Gasteiger partial charge is 0.263 e. The predicted octanol–water partition coefficient (Wildman–Crippen LogP) is 0.563. The van der Waals surface area contributed by atoms with E-state index in [1.165, 1.54) is 27.7 Å². The molecule has 6 nitrogen and oxygen atoms in total. The van der Waals surface area contributed by atoms with Gasteiger partial charge in [0.15, 0.2) is 5.16 Å². The van der Waals surface area contributed by atoms with Crippen LogP contribution in [0.5, 0.6) is 0 Å². The highest BCUT2D eigenvalue weighted by Gasteiger charge is 2.14. The number of fused-ring (bicyclic) bond motifs is 1. The van der Waals surface area contributed by atoms with Crippen molar-refractivity contribution in [1.82, 2.24) is 14.9 Å². The number of carbonyl (C=O) groups excluding carboxylic acids is 1. The van der Waals surface area contributed by atoms with E-state index in [-0.39, 0.29) is 18.0 Å². The standard InChI is InChI=1S/C12H16N4O2S2/c1-7-5-8-10(20-7)15-12(19-2)16(11(8)18)6-9(17)14-4-3-13/h5H,3-4,6,13H2,1-2H3,(H,14,17). The molecule has 2 aromatic rings. The minimum atomic E-state index is -0.235. The first-order chi connectivity index (χ1) is 9.56. The molecule has 0 radical (unpaired) electrons. The molecule has 0 aromatic carbocycles. The maximum atomic E-state index is 12.4. The van der Waals surface area contributed by atoms with Crippen molar-refractivity contribution in [1.29, 1.82) is 0 Å². The fourth-order valence-electron chi connectivity index (χ4n) is 1.82. The molecule has 0 fully saturated rings. The lowest BCUT2D eigenvalue weighted by Gasteiger charge is -2.10. The van der Waals surface area contributed by atoms with Crippen molar-refractivity contribution < 1.29 is 4.79 Å². The topological polar surface area (TPSA) is 90.0 Å². The van der Waals surface area contributed by atoms with Crippen LogP contribution >= 0.6 is 23.1 Å². The van der Waals surface area contributed by atoms with Crippen molar-refractivity contribution >= 4 is 39.2 Å². The van der Waals surface area contributed by atoms with E-state index in [0.29, 0.717) is 23.6 Å². The van der Waals surface area contributed by atoms with E-state index in [2.05, 4.69) is 10.3 Å². The van der Waals surface area contributed by atoms with Gasteiger partial charge in [-0.25, -0.2) is 4.98 Å². The number of carbonyl (C=O) groups is 1. The summed E-state index contributed by atoms with van der Waals surface area (Å²) in [7, 11) is 0. The Labute approximate surface area is 124 Å². The van der Waals surface area contributed by atoms with Crippen molar-refractivity contribution in [3.05, 3.63) is 21.3 Å². The van der Waals surface area contributed by atoms with E-state index in [0.717, 1.165) is 9.71 Å². The molecule has 0 spiro atoms. The van der Waals surface area contributed by atoms with Gasteiger partial charge in [0.1, 0.15) is 11.4 Å². The summed E-state index contributed by atoms with van der Waals surface area (Å²) in [5, 5.41) is 3.77. The minimum absolute atomic E-state index is 0.0349. The highest BCUT2D eigenvalue weighted by Crippen LogP contribution is 2.22. The summed E-state index contributed by atoms with van der Waals surface area (Å²) in [5.74, 6) is -0.235. The first kappa shape index (κ1) is 15.0. The van der Waals surface area contributed by atoms with Crippen LogP contribution in [0, 0.1) is 6.92 Å². The van der Waals surface area contributed by atoms with Gasteiger partial charge in [0.05, 0.1) is 5.39 Å². The number of hydrogen-bond donors (Lipinski definition) is 2. The maximum Gasteiger partial charge on any atom is 0.263 e. The first-order valence-electron chi connectivity index (χ1n) is 6.08. The molecule has 0 atom stereocenters. The van der Waals surface area contributed by atoms with E-state index in [1.54, 1.807) is 0 Å². The molecule has 0 aliphatic rings. The first-order valence-corrected chi connectivity index (χ1v) is 8.12. The number of aromatic nitrogens is 2. The van der Waals surface area contributed by atoms with Gasteiger partial charge in [-0.1, -0.05) is 11.8 Å². The Balaban J connectivity index is 2.43. The largest absolute Gasteiger partial charge is 0.353 e. The lowest BCUT2D eigenvalue weighted by Crippen LogP contribution is -2.35. The summed E-state index contributed by atoms with van der Waals surface area (Å²) in [5.41, 5.74) is 5.16. The number of aryl methyl sites for hydroxylation is 1. The molecule has 0 aliphatic carbocycles. The third kappa shape index (κ3) is 3.02. The van der Waals surface area contributed by atoms with Gasteiger partial charge in [-0.05, 0) is 19.2 Å². The van der Waals surface area contributed by atoms with Crippen LogP contribution in [-0.4, -0.2) is 34.8 Å². The molecule has 1 amide bonds. The second kappa shape index (κ2) is 6.38. The quantitative estimate of drug-likeness (QED) is 0.622. The Morgan fingerprint density at radius 2 is 2.35 bits per heavy atom. The van der Waals surface area contributed by atoms with Gasteiger partial charge in [0.2, 0.25) is 5.91 Å². The molecular weight excluding hydrogens is 296 g/mol. The molecular formula is C12H16N4O2S2. The van der Waals surface area contributed by atoms with Gasteiger partial charge in [0, 0.05) is 18.0 Å². The Hall–Kier alpha value is -1.38. The van der Waals surface area contributed by atoms with Crippen molar-refractivity contribution in [3.8, 4) is 0 Å². The number of nitrogens with zero attached hydrogens (tertiary/aromatic N) is 2. The minimum Gasteiger partial charge on any atom is -0.353 e. The molecule has 0 bridgehead atoms. The molecule has 2 aromatic heterocycles. The van der Waals surface area contributed by atoms with Gasteiger partial charge in [-0.2, -0.15) is 0 Å². The fourth-order valence-corrected chi connectivity index (χ4v) is 3.30. The van der Waals surface area contributed by atoms with Gasteiger partial charge in [-0.3, -0.25) is 14.2 Å². The number of thioether (sulfide) groups is 1. The molecule has 3 N–H and O–H groups in total. The fraction of sp³-hybridized carbons (Fsp3) is 0.417. The molecule has 108 valence electrons. The van der Waals surface area contributed by atoms with Crippen LogP contribution in [0.2, 0.25) is 0 Å². The highest BCUT2D eigenvalue weighted by atomic mass is 32.2. The number of amides is 1. The molecule has 2 rings (SSSR count). The number of nitrogens with two attached hydrogens (primary N) is 1. The predicted molar refractivity (Wildman–Crippen MR) is 82.5 cm³/mol. The number of rotatable bonds is 5. The summed E-state index contributed by atoms with van der Waals surface area (Å²) in [6, 6.07) is 1.81. The second-order valence-corrected chi connectivity index (χ2v) is 6.21. The van der Waals surface area contributed by atoms with Crippen LogP contribution in [0.1, 0.15) is 4.88 Å². The Morgan fingerprint density at radius 1 is 1.60 bits per heavy atom. The average molecular weight is 312 g/mol. The number of hydrogen-bond acceptors (Lipinski definition) is 6. The molecule has 0 saturated carbocycles. The van der Waals surface area contributed by atoms with Crippen LogP contribution in [0.15, 0.2) is 16.0 Å². The summed E-state index contributed by atoms with van der Waals surface area (Å²) >= 11 is 2.84. The lowest BCUT2D eigenvalue weighted by molar-refractivity contribution is -0.121. The van der Waals surface area contributed by atoms with Gasteiger partial charge < -0.3 is 11.1 Å². The molecule has 8 heteroatoms. The van der Waals surface area contributed by atoms with Crippen LogP contribution in [0.4, 0.5) is 0 Å². The number of thiophene rings is 1. The van der Waals surface area contributed by atoms with Crippen molar-refractivity contribution in [2.75, 3.05) is 19.3 Å². The zero-order chi connectivity index (χ0) is 14.7. The second-order valence-electron chi connectivity index (χ2n) is 4.20. The van der Waals surface area contributed by atoms with Gasteiger partial charge >= 0.3 is 0 Å². The summed E-state index contributed by atoms with van der Waals surface area (Å²) in [6.07, 6.45) is 1.84. The molecule has 0 unspecified atom stereocenters. The SMILES string of the molecule is CSc1nc2sc(C)cc2c(=O)n1CC(=O)NCCN. The van der Waals surface area contributed by atoms with E-state index >= 15 is 0 Å². The average Bonchev–Trinajstić information content (AvgIpc) is 2.80. The molecule has 0 saturated heterocycles. The van der Waals surface area contributed by atoms with Gasteiger partial charge in [-0.15, -0.1) is 11.3 Å². The summed E-state index contributed by atoms with van der Waals surface area (Å²) < 4.78 is 1.41. The third-order valence-corrected chi connectivity index (χ3v) is 4.31. The Bertz CT molecular complexity index is 693. The van der Waals surface area contributed by atoms with E-state index in [1.807, 2.05) is 19.2 Å². The monoisotopic (exact) mass is 312 g/mol. The normalized spacial score (nSPS) is 10.9. The lowest BCUT2D eigenvalue weighted by atomic mass is 10.3. The molecule has 2 heterocycles. The van der Waals surface area contributed by atoms with E-state index in [9.17, 15) is 9.59 Å². The van der Waals surface area contributed by atoms with Crippen LogP contribution in [0.3, 0.4) is 0 Å². The van der Waals surface area contributed by atoms with Crippen LogP contribution in [0.25, 0.3) is 10.2 Å². The van der Waals surface area contributed by atoms with E-state index in [4.69, 9.17) is 5.73 Å². The van der Waals surface area contributed by atoms with E-state index < -0.39 is 0 Å². The third-order valence-electron chi connectivity index (χ3n) is 2.69. The summed E-state index contributed by atoms with van der Waals surface area (Å²) in [4.78, 5) is 30.4. The molecule has 20 heavy (non-hydrogen) atoms. The maximum absolute atomic E-state index is 12.4. The van der Waals surface area contributed by atoms with Crippen molar-refractivity contribution in [2.45, 2.75) is 18.6 Å². The van der Waals surface area contributed by atoms with Crippen LogP contribution in [-0.2, 0) is 11.3 Å². The highest BCUT2D eigenvalue weighted by molar-refractivity contribution is 7.98. The van der Waals surface area contributed by atoms with Crippen LogP contribution < -0.4 is 16.6 Å². The zero-order valence-electron chi connectivity index (χ0n) is 11.3. The van der Waals surface area contributed by atoms with Gasteiger partial charge in [0.25, 0.3) is 5.56 Å². The Morgan fingerprint density at radius 3 is 3.00 bits per heavy atom. The zero-order valence-corrected chi connectivity index (χ0v) is 12.9. The number of nitrogens with one attached hydrogen (secondary N) is 1. The molecule has 0 aliphatic heterocycles.